The Hall–Kier alpha value is -1.85. The van der Waals surface area contributed by atoms with Crippen LogP contribution in [0.4, 0.5) is 0 Å². The summed E-state index contributed by atoms with van der Waals surface area (Å²) in [6.45, 7) is 3.41. The van der Waals surface area contributed by atoms with Crippen LogP contribution in [0.1, 0.15) is 34.3 Å². The average Bonchev–Trinajstić information content (AvgIpc) is 2.84. The molecule has 86 valence electrons. The van der Waals surface area contributed by atoms with Gasteiger partial charge in [-0.25, -0.2) is 9.78 Å². The first kappa shape index (κ1) is 10.7. The van der Waals surface area contributed by atoms with Crippen molar-refractivity contribution in [1.82, 2.24) is 14.9 Å². The molecular weight excluding hydrogens is 210 g/mol. The Labute approximate surface area is 92.3 Å². The van der Waals surface area contributed by atoms with E-state index in [1.165, 1.54) is 6.33 Å². The smallest absolute Gasteiger partial charge is 0.354 e. The molecule has 1 fully saturated rings. The number of carbonyl (C=O) groups excluding carboxylic acids is 1. The first-order valence-corrected chi connectivity index (χ1v) is 5.15. The van der Waals surface area contributed by atoms with Crippen molar-refractivity contribution in [2.75, 3.05) is 13.1 Å². The lowest BCUT2D eigenvalue weighted by molar-refractivity contribution is 0.0674. The SMILES string of the molecule is CC1CCN(C(=O)c2nc[nH]c2C(=O)O)C1. The van der Waals surface area contributed by atoms with Gasteiger partial charge in [0.1, 0.15) is 0 Å². The summed E-state index contributed by atoms with van der Waals surface area (Å²) in [5.41, 5.74) is -0.133. The van der Waals surface area contributed by atoms with Crippen LogP contribution in [0.5, 0.6) is 0 Å². The van der Waals surface area contributed by atoms with E-state index in [4.69, 9.17) is 5.11 Å². The molecule has 16 heavy (non-hydrogen) atoms. The van der Waals surface area contributed by atoms with Crippen LogP contribution in [0.3, 0.4) is 0 Å². The maximum absolute atomic E-state index is 12.0. The highest BCUT2D eigenvalue weighted by Crippen LogP contribution is 2.18. The molecule has 1 atom stereocenters. The van der Waals surface area contributed by atoms with Gasteiger partial charge in [0.25, 0.3) is 5.91 Å². The summed E-state index contributed by atoms with van der Waals surface area (Å²) in [6, 6.07) is 0. The van der Waals surface area contributed by atoms with E-state index in [0.717, 1.165) is 6.42 Å². The fourth-order valence-corrected chi connectivity index (χ4v) is 1.89. The molecule has 2 heterocycles. The number of amides is 1. The second kappa shape index (κ2) is 3.96. The standard InChI is InChI=1S/C10H13N3O3/c1-6-2-3-13(4-6)9(14)7-8(10(15)16)12-5-11-7/h5-6H,2-4H2,1H3,(H,11,12)(H,15,16). The molecule has 1 unspecified atom stereocenters. The van der Waals surface area contributed by atoms with Gasteiger partial charge in [0.15, 0.2) is 11.4 Å². The molecule has 0 aliphatic carbocycles. The topological polar surface area (TPSA) is 86.3 Å². The number of imidazole rings is 1. The van der Waals surface area contributed by atoms with E-state index in [-0.39, 0.29) is 17.3 Å². The van der Waals surface area contributed by atoms with Crippen molar-refractivity contribution < 1.29 is 14.7 Å². The normalized spacial score (nSPS) is 20.1. The largest absolute Gasteiger partial charge is 0.477 e. The van der Waals surface area contributed by atoms with Crippen molar-refractivity contribution >= 4 is 11.9 Å². The second-order valence-electron chi connectivity index (χ2n) is 4.08. The number of rotatable bonds is 2. The van der Waals surface area contributed by atoms with Gasteiger partial charge in [0.2, 0.25) is 0 Å². The molecule has 2 N–H and O–H groups in total. The lowest BCUT2D eigenvalue weighted by Crippen LogP contribution is -2.30. The molecular formula is C10H13N3O3. The number of nitrogens with zero attached hydrogens (tertiary/aromatic N) is 2. The number of aromatic nitrogens is 2. The highest BCUT2D eigenvalue weighted by atomic mass is 16.4. The third-order valence-electron chi connectivity index (χ3n) is 2.77. The first-order chi connectivity index (χ1) is 7.59. The monoisotopic (exact) mass is 223 g/mol. The average molecular weight is 223 g/mol. The minimum atomic E-state index is -1.16. The quantitative estimate of drug-likeness (QED) is 0.768. The van der Waals surface area contributed by atoms with Crippen molar-refractivity contribution in [3.8, 4) is 0 Å². The zero-order valence-electron chi connectivity index (χ0n) is 8.93. The number of hydrogen-bond acceptors (Lipinski definition) is 3. The molecule has 0 spiro atoms. The maximum atomic E-state index is 12.0. The van der Waals surface area contributed by atoms with Gasteiger partial charge >= 0.3 is 5.97 Å². The number of H-pyrrole nitrogens is 1. The molecule has 6 nitrogen and oxygen atoms in total. The van der Waals surface area contributed by atoms with E-state index in [1.807, 2.05) is 0 Å². The lowest BCUT2D eigenvalue weighted by atomic mass is 10.2. The zero-order valence-corrected chi connectivity index (χ0v) is 8.93. The Morgan fingerprint density at radius 1 is 1.62 bits per heavy atom. The van der Waals surface area contributed by atoms with Crippen molar-refractivity contribution in [2.45, 2.75) is 13.3 Å². The van der Waals surface area contributed by atoms with Crippen LogP contribution in [0.15, 0.2) is 6.33 Å². The molecule has 1 aromatic heterocycles. The van der Waals surface area contributed by atoms with Crippen LogP contribution in [0.25, 0.3) is 0 Å². The molecule has 1 aliphatic heterocycles. The number of likely N-dealkylation sites (tertiary alicyclic amines) is 1. The third-order valence-corrected chi connectivity index (χ3v) is 2.77. The summed E-state index contributed by atoms with van der Waals surface area (Å²) in [4.78, 5) is 30.7. The van der Waals surface area contributed by atoms with Gasteiger partial charge in [-0.2, -0.15) is 0 Å². The third kappa shape index (κ3) is 1.78. The van der Waals surface area contributed by atoms with Gasteiger partial charge < -0.3 is 15.0 Å². The van der Waals surface area contributed by atoms with E-state index in [9.17, 15) is 9.59 Å². The molecule has 1 aliphatic rings. The maximum Gasteiger partial charge on any atom is 0.354 e. The molecule has 0 aromatic carbocycles. The lowest BCUT2D eigenvalue weighted by Gasteiger charge is -2.14. The molecule has 0 radical (unpaired) electrons. The summed E-state index contributed by atoms with van der Waals surface area (Å²) in [5, 5.41) is 8.86. The Bertz CT molecular complexity index is 427. The van der Waals surface area contributed by atoms with E-state index < -0.39 is 5.97 Å². The number of hydrogen-bond donors (Lipinski definition) is 2. The second-order valence-corrected chi connectivity index (χ2v) is 4.08. The molecule has 1 aromatic rings. The number of carboxylic acid groups (broad SMARTS) is 1. The Kier molecular flexibility index (Phi) is 2.64. The zero-order chi connectivity index (χ0) is 11.7. The van der Waals surface area contributed by atoms with Crippen LogP contribution < -0.4 is 0 Å². The molecule has 1 amide bonds. The van der Waals surface area contributed by atoms with E-state index >= 15 is 0 Å². The Morgan fingerprint density at radius 2 is 2.38 bits per heavy atom. The van der Waals surface area contributed by atoms with Gasteiger partial charge in [0.05, 0.1) is 6.33 Å². The van der Waals surface area contributed by atoms with Gasteiger partial charge in [0, 0.05) is 13.1 Å². The van der Waals surface area contributed by atoms with E-state index in [1.54, 1.807) is 4.90 Å². The van der Waals surface area contributed by atoms with Crippen LogP contribution in [0.2, 0.25) is 0 Å². The summed E-state index contributed by atoms with van der Waals surface area (Å²) < 4.78 is 0. The van der Waals surface area contributed by atoms with Gasteiger partial charge in [-0.1, -0.05) is 6.92 Å². The van der Waals surface area contributed by atoms with Crippen molar-refractivity contribution in [1.29, 1.82) is 0 Å². The van der Waals surface area contributed by atoms with E-state index in [0.29, 0.717) is 19.0 Å². The van der Waals surface area contributed by atoms with Gasteiger partial charge in [-0.3, -0.25) is 4.79 Å². The minimum Gasteiger partial charge on any atom is -0.477 e. The summed E-state index contributed by atoms with van der Waals surface area (Å²) in [5.74, 6) is -0.993. The summed E-state index contributed by atoms with van der Waals surface area (Å²) in [7, 11) is 0. The predicted octanol–water partition coefficient (Wildman–Crippen LogP) is 0.590. The molecule has 0 saturated carbocycles. The predicted molar refractivity (Wildman–Crippen MR) is 55.2 cm³/mol. The van der Waals surface area contributed by atoms with Crippen molar-refractivity contribution in [2.24, 2.45) is 5.92 Å². The summed E-state index contributed by atoms with van der Waals surface area (Å²) in [6.07, 6.45) is 2.19. The van der Waals surface area contributed by atoms with Crippen LogP contribution in [0, 0.1) is 5.92 Å². The first-order valence-electron chi connectivity index (χ1n) is 5.15. The highest BCUT2D eigenvalue weighted by molar-refractivity contribution is 6.02. The number of aromatic carboxylic acids is 1. The minimum absolute atomic E-state index is 0.00148. The fourth-order valence-electron chi connectivity index (χ4n) is 1.89. The number of carbonyl (C=O) groups is 2. The number of carboxylic acids is 1. The van der Waals surface area contributed by atoms with Crippen LogP contribution in [-0.4, -0.2) is 44.9 Å². The summed E-state index contributed by atoms with van der Waals surface area (Å²) >= 11 is 0. The Balaban J connectivity index is 2.21. The molecule has 0 bridgehead atoms. The van der Waals surface area contributed by atoms with Crippen LogP contribution >= 0.6 is 0 Å². The molecule has 1 saturated heterocycles. The Morgan fingerprint density at radius 3 is 2.94 bits per heavy atom. The molecule has 6 heteroatoms. The van der Waals surface area contributed by atoms with Gasteiger partial charge in [-0.05, 0) is 12.3 Å². The van der Waals surface area contributed by atoms with E-state index in [2.05, 4.69) is 16.9 Å². The van der Waals surface area contributed by atoms with Crippen molar-refractivity contribution in [3.05, 3.63) is 17.7 Å². The van der Waals surface area contributed by atoms with Gasteiger partial charge in [-0.15, -0.1) is 0 Å². The van der Waals surface area contributed by atoms with Crippen LogP contribution in [-0.2, 0) is 0 Å². The molecule has 2 rings (SSSR count). The fraction of sp³-hybridized carbons (Fsp3) is 0.500. The number of nitrogens with one attached hydrogen (secondary N) is 1. The highest BCUT2D eigenvalue weighted by Gasteiger charge is 2.28. The number of aromatic amines is 1. The van der Waals surface area contributed by atoms with Crippen molar-refractivity contribution in [3.63, 3.8) is 0 Å².